The number of ether oxygens (including phenoxy) is 4. The van der Waals surface area contributed by atoms with E-state index < -0.39 is 35.4 Å². The van der Waals surface area contributed by atoms with Gasteiger partial charge < -0.3 is 23.8 Å². The number of oxime groups is 1. The first kappa shape index (κ1) is 32.4. The highest BCUT2D eigenvalue weighted by molar-refractivity contribution is 5.89. The van der Waals surface area contributed by atoms with Gasteiger partial charge in [0.15, 0.2) is 23.8 Å². The van der Waals surface area contributed by atoms with Gasteiger partial charge in [-0.3, -0.25) is 0 Å². The maximum absolute atomic E-state index is 7.07. The van der Waals surface area contributed by atoms with Crippen LogP contribution in [0.1, 0.15) is 113 Å². The summed E-state index contributed by atoms with van der Waals surface area (Å²) in [5, 5.41) is 4.89. The molecule has 2 saturated carbocycles. The molecule has 4 bridgehead atoms. The number of fused-ring (bicyclic) bond motifs is 4. The highest BCUT2D eigenvalue weighted by Gasteiger charge is 2.71. The van der Waals surface area contributed by atoms with E-state index in [1.54, 1.807) is 0 Å². The van der Waals surface area contributed by atoms with Gasteiger partial charge >= 0.3 is 0 Å². The van der Waals surface area contributed by atoms with E-state index in [-0.39, 0.29) is 35.9 Å². The molecule has 16 atom stereocenters. The van der Waals surface area contributed by atoms with Gasteiger partial charge in [-0.1, -0.05) is 46.7 Å². The highest BCUT2D eigenvalue weighted by atomic mass is 17.3. The molecule has 2 spiro atoms. The van der Waals surface area contributed by atoms with Crippen LogP contribution in [-0.4, -0.2) is 59.9 Å². The lowest BCUT2D eigenvalue weighted by molar-refractivity contribution is -0.571. The first-order valence-electron chi connectivity index (χ1n) is 18.5. The summed E-state index contributed by atoms with van der Waals surface area (Å²) < 4.78 is 27.5. The third-order valence-corrected chi connectivity index (χ3v) is 13.8. The van der Waals surface area contributed by atoms with Crippen LogP contribution < -0.4 is 0 Å². The molecule has 46 heavy (non-hydrogen) atoms. The average molecular weight is 648 g/mol. The van der Waals surface area contributed by atoms with Gasteiger partial charge in [0.2, 0.25) is 11.6 Å². The van der Waals surface area contributed by atoms with Gasteiger partial charge in [0.05, 0.1) is 11.8 Å². The Morgan fingerprint density at radius 2 is 1.24 bits per heavy atom. The lowest BCUT2D eigenvalue weighted by atomic mass is 9.56. The molecular weight excluding hydrogens is 590 g/mol. The third-order valence-electron chi connectivity index (χ3n) is 13.8. The van der Waals surface area contributed by atoms with Gasteiger partial charge in [-0.2, -0.15) is 0 Å². The van der Waals surface area contributed by atoms with E-state index in [4.69, 9.17) is 48.5 Å². The van der Waals surface area contributed by atoms with Crippen LogP contribution in [0.5, 0.6) is 0 Å². The van der Waals surface area contributed by atoms with E-state index in [2.05, 4.69) is 41.5 Å². The van der Waals surface area contributed by atoms with Crippen molar-refractivity contribution in [1.82, 2.24) is 0 Å². The molecule has 260 valence electrons. The van der Waals surface area contributed by atoms with E-state index in [0.717, 1.165) is 50.7 Å². The van der Waals surface area contributed by atoms with E-state index >= 15 is 0 Å². The largest absolute Gasteiger partial charge is 0.396 e. The Balaban J connectivity index is 1.12. The van der Waals surface area contributed by atoms with Crippen LogP contribution in [-0.2, 0) is 43.3 Å². The fourth-order valence-corrected chi connectivity index (χ4v) is 11.2. The second-order valence-corrected chi connectivity index (χ2v) is 17.2. The Kier molecular flexibility index (Phi) is 7.98. The molecule has 10 nitrogen and oxygen atoms in total. The first-order chi connectivity index (χ1) is 21.9. The maximum atomic E-state index is 7.07. The fraction of sp³-hybridized carbons (Fsp3) is 0.972. The van der Waals surface area contributed by atoms with Crippen LogP contribution >= 0.6 is 0 Å². The lowest BCUT2D eigenvalue weighted by Gasteiger charge is -2.61. The van der Waals surface area contributed by atoms with Gasteiger partial charge in [0.1, 0.15) is 12.7 Å². The number of hydrogen-bond donors (Lipinski definition) is 0. The van der Waals surface area contributed by atoms with Crippen LogP contribution in [0.25, 0.3) is 0 Å². The molecule has 0 amide bonds. The molecule has 10 heteroatoms. The van der Waals surface area contributed by atoms with Crippen LogP contribution in [0.15, 0.2) is 5.16 Å². The first-order valence-corrected chi connectivity index (χ1v) is 18.5. The molecule has 0 N–H and O–H groups in total. The van der Waals surface area contributed by atoms with Gasteiger partial charge in [-0.15, -0.1) is 0 Å². The third kappa shape index (κ3) is 4.74. The Morgan fingerprint density at radius 1 is 0.696 bits per heavy atom. The molecule has 8 aliphatic heterocycles. The minimum atomic E-state index is -0.827. The topological polar surface area (TPSA) is 95.4 Å². The van der Waals surface area contributed by atoms with Crippen molar-refractivity contribution in [3.8, 4) is 0 Å². The smallest absolute Gasteiger partial charge is 0.201 e. The normalized spacial score (nSPS) is 56.2. The minimum Gasteiger partial charge on any atom is -0.396 e. The summed E-state index contributed by atoms with van der Waals surface area (Å²) in [4.78, 5) is 31.1. The zero-order valence-corrected chi connectivity index (χ0v) is 29.2. The quantitative estimate of drug-likeness (QED) is 0.173. The Bertz CT molecular complexity index is 1200. The van der Waals surface area contributed by atoms with Crippen molar-refractivity contribution in [2.75, 3.05) is 6.61 Å². The zero-order valence-electron chi connectivity index (χ0n) is 29.2. The number of nitrogens with zero attached hydrogens (tertiary/aromatic N) is 1. The SMILES string of the molecule is CC(C)CO/N=C(/C[C@H]1O[C@@H]2O[C@]3(C)CC[C@H]4[C@H](C)CC[C@@H]([C@H]1C)C24OO3)[C@H]1O[C@@H]2O[C@]3(C)CC[C@H]4[C@H](C)CC[C@@H]([C@H]1C)C24OO3. The summed E-state index contributed by atoms with van der Waals surface area (Å²) in [7, 11) is 0. The van der Waals surface area contributed by atoms with Crippen molar-refractivity contribution in [3.05, 3.63) is 0 Å². The van der Waals surface area contributed by atoms with Crippen molar-refractivity contribution in [2.45, 2.75) is 161 Å². The maximum Gasteiger partial charge on any atom is 0.201 e. The lowest BCUT2D eigenvalue weighted by Crippen LogP contribution is -2.71. The Morgan fingerprint density at radius 3 is 1.80 bits per heavy atom. The Labute approximate surface area is 274 Å². The molecule has 10 fully saturated rings. The number of rotatable bonds is 6. The minimum absolute atomic E-state index is 0.119. The summed E-state index contributed by atoms with van der Waals surface area (Å²) in [6.45, 7) is 18.1. The van der Waals surface area contributed by atoms with Crippen molar-refractivity contribution < 1.29 is 43.3 Å². The summed E-state index contributed by atoms with van der Waals surface area (Å²) in [5.74, 6) is 1.16. The molecule has 2 aliphatic carbocycles. The van der Waals surface area contributed by atoms with Crippen LogP contribution in [0.4, 0.5) is 0 Å². The van der Waals surface area contributed by atoms with Crippen molar-refractivity contribution >= 4 is 5.71 Å². The summed E-state index contributed by atoms with van der Waals surface area (Å²) in [5.41, 5.74) is -0.337. The van der Waals surface area contributed by atoms with Crippen LogP contribution in [0.3, 0.4) is 0 Å². The molecule has 10 rings (SSSR count). The second-order valence-electron chi connectivity index (χ2n) is 17.2. The van der Waals surface area contributed by atoms with Crippen LogP contribution in [0, 0.1) is 53.3 Å². The summed E-state index contributed by atoms with van der Waals surface area (Å²) >= 11 is 0. The highest BCUT2D eigenvalue weighted by Crippen LogP contribution is 2.63. The van der Waals surface area contributed by atoms with E-state index in [0.29, 0.717) is 42.6 Å². The molecule has 8 heterocycles. The van der Waals surface area contributed by atoms with Crippen molar-refractivity contribution in [1.29, 1.82) is 0 Å². The van der Waals surface area contributed by atoms with Crippen molar-refractivity contribution in [2.24, 2.45) is 58.4 Å². The molecule has 8 saturated heterocycles. The number of hydrogen-bond acceptors (Lipinski definition) is 10. The standard InChI is InChI=1S/C36H57NO9/c1-19(2)18-38-37-28(30-23(6)27-12-10-21(4)25-14-16-34(8)42-32(40-30)36(25,27)46-44-34)17-29-22(5)26-11-9-20(3)24-13-15-33(7)41-31(39-29)35(24,26)45-43-33/h19-27,29-32H,9-18H2,1-8H3/b37-28-/t20-,21-,22-,23-,24+,25+,26+,27+,29-,30+,31-,32-,33+,34+,35?,36?/m1/s1. The van der Waals surface area contributed by atoms with Gasteiger partial charge in [-0.25, -0.2) is 19.6 Å². The molecular formula is C36H57NO9. The zero-order chi connectivity index (χ0) is 32.2. The molecule has 0 aromatic carbocycles. The fourth-order valence-electron chi connectivity index (χ4n) is 11.2. The Hall–Kier alpha value is -0.850. The van der Waals surface area contributed by atoms with E-state index in [1.165, 1.54) is 6.42 Å². The predicted octanol–water partition coefficient (Wildman–Crippen LogP) is 6.91. The van der Waals surface area contributed by atoms with Gasteiger partial charge in [-0.05, 0) is 93.8 Å². The average Bonchev–Trinajstić information content (AvgIpc) is 3.38. The summed E-state index contributed by atoms with van der Waals surface area (Å²) in [6.07, 6.45) is 7.13. The van der Waals surface area contributed by atoms with Gasteiger partial charge in [0.25, 0.3) is 0 Å². The van der Waals surface area contributed by atoms with Gasteiger partial charge in [0, 0.05) is 31.1 Å². The predicted molar refractivity (Wildman–Crippen MR) is 166 cm³/mol. The molecule has 2 unspecified atom stereocenters. The summed E-state index contributed by atoms with van der Waals surface area (Å²) in [6, 6.07) is 0. The van der Waals surface area contributed by atoms with E-state index in [1.807, 2.05) is 13.8 Å². The monoisotopic (exact) mass is 647 g/mol. The van der Waals surface area contributed by atoms with Crippen LogP contribution in [0.2, 0.25) is 0 Å². The molecule has 10 aliphatic rings. The second kappa shape index (κ2) is 11.3. The molecule has 0 aromatic rings. The molecule has 0 radical (unpaired) electrons. The van der Waals surface area contributed by atoms with Crippen molar-refractivity contribution in [3.63, 3.8) is 0 Å². The van der Waals surface area contributed by atoms with E-state index in [9.17, 15) is 0 Å². The molecule has 0 aromatic heterocycles.